The normalized spacial score (nSPS) is 21.2. The number of halogens is 3. The molecule has 1 unspecified atom stereocenters. The van der Waals surface area contributed by atoms with Gasteiger partial charge in [0.1, 0.15) is 5.75 Å². The molecule has 1 spiro atoms. The highest BCUT2D eigenvalue weighted by molar-refractivity contribution is 5.95. The number of nitrogens with zero attached hydrogens (tertiary/aromatic N) is 2. The summed E-state index contributed by atoms with van der Waals surface area (Å²) in [6.07, 6.45) is 1.78. The van der Waals surface area contributed by atoms with Crippen molar-refractivity contribution in [3.63, 3.8) is 0 Å². The van der Waals surface area contributed by atoms with E-state index in [-0.39, 0.29) is 23.9 Å². The highest BCUT2D eigenvalue weighted by Gasteiger charge is 2.47. The summed E-state index contributed by atoms with van der Waals surface area (Å²) in [6.45, 7) is 2.64. The number of hydrogen-bond acceptors (Lipinski definition) is 6. The zero-order chi connectivity index (χ0) is 31.9. The second kappa shape index (κ2) is 14.3. The van der Waals surface area contributed by atoms with Crippen LogP contribution in [0.2, 0.25) is 0 Å². The van der Waals surface area contributed by atoms with Gasteiger partial charge in [-0.1, -0.05) is 38.3 Å². The first-order valence-electron chi connectivity index (χ1n) is 15.0. The molecule has 240 valence electrons. The predicted octanol–water partition coefficient (Wildman–Crippen LogP) is 5.80. The van der Waals surface area contributed by atoms with Crippen molar-refractivity contribution >= 4 is 23.6 Å². The molecule has 2 aromatic rings. The molecular weight excluding hydrogens is 579 g/mol. The zero-order valence-corrected chi connectivity index (χ0v) is 25.1. The van der Waals surface area contributed by atoms with Crippen molar-refractivity contribution < 1.29 is 42.1 Å². The van der Waals surface area contributed by atoms with Crippen LogP contribution in [-0.2, 0) is 16.1 Å². The molecule has 2 aliphatic rings. The van der Waals surface area contributed by atoms with Crippen LogP contribution in [0.1, 0.15) is 74.2 Å². The van der Waals surface area contributed by atoms with E-state index >= 15 is 0 Å². The van der Waals surface area contributed by atoms with E-state index in [0.29, 0.717) is 30.3 Å². The van der Waals surface area contributed by atoms with Gasteiger partial charge in [0, 0.05) is 29.9 Å². The average Bonchev–Trinajstić information content (AvgIpc) is 3.01. The number of unbranched alkanes of at least 4 members (excludes halogenated alkanes) is 1. The van der Waals surface area contributed by atoms with E-state index in [1.165, 1.54) is 37.1 Å². The van der Waals surface area contributed by atoms with Crippen LogP contribution in [0, 0.1) is 5.92 Å². The quantitative estimate of drug-likeness (QED) is 0.308. The van der Waals surface area contributed by atoms with Crippen LogP contribution in [0.15, 0.2) is 48.5 Å². The van der Waals surface area contributed by atoms with E-state index in [1.54, 1.807) is 29.2 Å². The lowest BCUT2D eigenvalue weighted by molar-refractivity contribution is -0.274. The minimum atomic E-state index is -4.80. The fraction of sp³-hybridized carbons (Fsp3) is 0.531. The van der Waals surface area contributed by atoms with Gasteiger partial charge in [0.15, 0.2) is 6.10 Å². The molecule has 3 amide bonds. The molecular formula is C32H40F3N3O6. The highest BCUT2D eigenvalue weighted by atomic mass is 19.4. The van der Waals surface area contributed by atoms with Gasteiger partial charge < -0.3 is 24.8 Å². The fourth-order valence-electron chi connectivity index (χ4n) is 6.17. The van der Waals surface area contributed by atoms with E-state index in [2.05, 4.69) is 21.7 Å². The third kappa shape index (κ3) is 8.22. The minimum absolute atomic E-state index is 0.216. The SMILES string of the molecule is CCCCC1CCC2(CC1)CCN(c1ccc(OC(F)(F)F)cc1)C(=O)N2Cc1ccc(C(=O)NCC(O)C(=O)OC)cc1. The Morgan fingerprint density at radius 2 is 1.73 bits per heavy atom. The van der Waals surface area contributed by atoms with E-state index < -0.39 is 24.3 Å². The fourth-order valence-corrected chi connectivity index (χ4v) is 6.17. The number of nitrogens with one attached hydrogen (secondary N) is 1. The van der Waals surface area contributed by atoms with Gasteiger partial charge in [0.05, 0.1) is 13.7 Å². The number of aliphatic hydroxyl groups is 1. The van der Waals surface area contributed by atoms with Crippen LogP contribution in [0.4, 0.5) is 23.7 Å². The first kappa shape index (κ1) is 33.1. The summed E-state index contributed by atoms with van der Waals surface area (Å²) >= 11 is 0. The molecule has 1 aliphatic carbocycles. The van der Waals surface area contributed by atoms with Crippen LogP contribution in [0.5, 0.6) is 5.75 Å². The van der Waals surface area contributed by atoms with Crippen molar-refractivity contribution in [2.45, 2.75) is 82.8 Å². The summed E-state index contributed by atoms with van der Waals surface area (Å²) in [5.74, 6) is -1.04. The van der Waals surface area contributed by atoms with E-state index in [0.717, 1.165) is 51.2 Å². The molecule has 1 saturated carbocycles. The molecule has 1 aliphatic heterocycles. The van der Waals surface area contributed by atoms with Gasteiger partial charge in [-0.2, -0.15) is 0 Å². The maximum atomic E-state index is 14.1. The molecule has 12 heteroatoms. The van der Waals surface area contributed by atoms with Gasteiger partial charge >= 0.3 is 18.4 Å². The molecule has 1 heterocycles. The van der Waals surface area contributed by atoms with E-state index in [9.17, 15) is 32.7 Å². The average molecular weight is 620 g/mol. The number of hydrogen-bond donors (Lipinski definition) is 2. The molecule has 0 bridgehead atoms. The number of urea groups is 1. The van der Waals surface area contributed by atoms with Crippen molar-refractivity contribution in [2.24, 2.45) is 5.92 Å². The van der Waals surface area contributed by atoms with Crippen LogP contribution in [-0.4, -0.2) is 66.1 Å². The predicted molar refractivity (Wildman–Crippen MR) is 157 cm³/mol. The Balaban J connectivity index is 1.51. The highest BCUT2D eigenvalue weighted by Crippen LogP contribution is 2.44. The van der Waals surface area contributed by atoms with Gasteiger partial charge in [-0.3, -0.25) is 9.69 Å². The van der Waals surface area contributed by atoms with E-state index in [4.69, 9.17) is 0 Å². The number of amides is 3. The Hall–Kier alpha value is -3.80. The number of anilines is 1. The molecule has 2 N–H and O–H groups in total. The largest absolute Gasteiger partial charge is 0.573 e. The molecule has 1 atom stereocenters. The zero-order valence-electron chi connectivity index (χ0n) is 25.1. The van der Waals surface area contributed by atoms with Gasteiger partial charge in [0.25, 0.3) is 5.91 Å². The third-order valence-electron chi connectivity index (χ3n) is 8.70. The van der Waals surface area contributed by atoms with Crippen molar-refractivity contribution in [1.29, 1.82) is 0 Å². The third-order valence-corrected chi connectivity index (χ3v) is 8.70. The topological polar surface area (TPSA) is 108 Å². The number of methoxy groups -OCH3 is 1. The van der Waals surface area contributed by atoms with Crippen LogP contribution < -0.4 is 15.0 Å². The summed E-state index contributed by atoms with van der Waals surface area (Å²) in [6, 6.07) is 11.9. The van der Waals surface area contributed by atoms with Gasteiger partial charge in [-0.05, 0) is 80.0 Å². The number of carbonyl (C=O) groups excluding carboxylic acids is 3. The number of rotatable bonds is 11. The van der Waals surface area contributed by atoms with Crippen molar-refractivity contribution in [1.82, 2.24) is 10.2 Å². The van der Waals surface area contributed by atoms with Crippen molar-refractivity contribution in [3.05, 3.63) is 59.7 Å². The molecule has 0 radical (unpaired) electrons. The second-order valence-electron chi connectivity index (χ2n) is 11.6. The summed E-state index contributed by atoms with van der Waals surface area (Å²) in [4.78, 5) is 41.5. The number of esters is 1. The molecule has 44 heavy (non-hydrogen) atoms. The van der Waals surface area contributed by atoms with Gasteiger partial charge in [0.2, 0.25) is 0 Å². The Labute approximate surface area is 255 Å². The molecule has 4 rings (SSSR count). The second-order valence-corrected chi connectivity index (χ2v) is 11.6. The number of ether oxygens (including phenoxy) is 2. The summed E-state index contributed by atoms with van der Waals surface area (Å²) in [7, 11) is 1.14. The first-order chi connectivity index (χ1) is 20.9. The lowest BCUT2D eigenvalue weighted by Crippen LogP contribution is -2.62. The minimum Gasteiger partial charge on any atom is -0.467 e. The summed E-state index contributed by atoms with van der Waals surface area (Å²) < 4.78 is 46.4. The molecule has 1 saturated heterocycles. The van der Waals surface area contributed by atoms with Gasteiger partial charge in [-0.25, -0.2) is 9.59 Å². The number of benzene rings is 2. The maximum Gasteiger partial charge on any atom is 0.573 e. The smallest absolute Gasteiger partial charge is 0.467 e. The maximum absolute atomic E-state index is 14.1. The molecule has 2 fully saturated rings. The standard InChI is InChI=1S/C32H40F3N3O6/c1-3-4-5-22-14-16-31(17-15-22)18-19-37(25-10-12-26(13-11-25)44-32(33,34)35)30(42)38(31)21-23-6-8-24(9-7-23)28(40)36-20-27(39)29(41)43-2/h6-13,22,27,39H,3-5,14-21H2,1-2H3,(H,36,40). The first-order valence-corrected chi connectivity index (χ1v) is 15.0. The summed E-state index contributed by atoms with van der Waals surface area (Å²) in [5.41, 5.74) is 1.29. The number of carbonyl (C=O) groups is 3. The Morgan fingerprint density at radius 1 is 1.07 bits per heavy atom. The number of alkyl halides is 3. The molecule has 9 nitrogen and oxygen atoms in total. The lowest BCUT2D eigenvalue weighted by atomic mass is 9.71. The Kier molecular flexibility index (Phi) is 10.8. The van der Waals surface area contributed by atoms with E-state index in [1.807, 2.05) is 4.90 Å². The van der Waals surface area contributed by atoms with Crippen molar-refractivity contribution in [3.8, 4) is 5.75 Å². The lowest BCUT2D eigenvalue weighted by Gasteiger charge is -2.53. The van der Waals surface area contributed by atoms with Crippen LogP contribution >= 0.6 is 0 Å². The van der Waals surface area contributed by atoms with Crippen LogP contribution in [0.25, 0.3) is 0 Å². The summed E-state index contributed by atoms with van der Waals surface area (Å²) in [5, 5.41) is 12.2. The monoisotopic (exact) mass is 619 g/mol. The molecule has 2 aromatic carbocycles. The Bertz CT molecular complexity index is 1280. The van der Waals surface area contributed by atoms with Gasteiger partial charge in [-0.15, -0.1) is 13.2 Å². The van der Waals surface area contributed by atoms with Crippen molar-refractivity contribution in [2.75, 3.05) is 25.1 Å². The Morgan fingerprint density at radius 3 is 2.32 bits per heavy atom. The molecule has 0 aromatic heterocycles. The van der Waals surface area contributed by atoms with Crippen LogP contribution in [0.3, 0.4) is 0 Å². The number of aliphatic hydroxyl groups excluding tert-OH is 1.